The molecule has 53 heavy (non-hydrogen) atoms. The Morgan fingerprint density at radius 3 is 2.11 bits per heavy atom. The first-order valence-electron chi connectivity index (χ1n) is 16.3. The van der Waals surface area contributed by atoms with E-state index < -0.39 is 24.3 Å². The number of hydrogen-bond acceptors (Lipinski definition) is 8. The van der Waals surface area contributed by atoms with Crippen molar-refractivity contribution in [3.05, 3.63) is 59.3 Å². The van der Waals surface area contributed by atoms with Crippen LogP contribution in [0.25, 0.3) is 11.4 Å². The van der Waals surface area contributed by atoms with Crippen LogP contribution >= 0.6 is 11.6 Å². The number of halogens is 8. The average Bonchev–Trinajstić information content (AvgIpc) is 3.38. The number of imidazole rings is 1. The van der Waals surface area contributed by atoms with Crippen LogP contribution in [0.2, 0.25) is 5.15 Å². The van der Waals surface area contributed by atoms with Crippen molar-refractivity contribution >= 4 is 35.2 Å². The number of piperidine rings is 1. The molecule has 2 aromatic heterocycles. The van der Waals surface area contributed by atoms with E-state index >= 15 is 0 Å². The highest BCUT2D eigenvalue weighted by molar-refractivity contribution is 6.30. The summed E-state index contributed by atoms with van der Waals surface area (Å²) in [7, 11) is 0. The number of likely N-dealkylation sites (tertiary alicyclic amines) is 1. The summed E-state index contributed by atoms with van der Waals surface area (Å²) in [5.41, 5.74) is 1.48. The van der Waals surface area contributed by atoms with E-state index in [1.807, 2.05) is 0 Å². The lowest BCUT2D eigenvalue weighted by molar-refractivity contribution is -0.193. The number of carboxylic acids is 2. The number of aliphatic carboxylic acids is 2. The average molecular weight is 784 g/mol. The summed E-state index contributed by atoms with van der Waals surface area (Å²) in [5, 5.41) is 17.8. The molecule has 3 heterocycles. The van der Waals surface area contributed by atoms with Gasteiger partial charge in [-0.2, -0.15) is 26.3 Å². The van der Waals surface area contributed by atoms with Gasteiger partial charge in [-0.3, -0.25) is 9.59 Å². The lowest BCUT2D eigenvalue weighted by atomic mass is 9.90. The molecule has 2 fully saturated rings. The predicted molar refractivity (Wildman–Crippen MR) is 173 cm³/mol. The Morgan fingerprint density at radius 2 is 1.60 bits per heavy atom. The summed E-state index contributed by atoms with van der Waals surface area (Å²) >= 11 is 6.58. The molecule has 292 valence electrons. The molecule has 20 heteroatoms. The first-order chi connectivity index (χ1) is 24.8. The second kappa shape index (κ2) is 18.5. The minimum Gasteiger partial charge on any atom is -0.475 e. The second-order valence-corrected chi connectivity index (χ2v) is 12.7. The van der Waals surface area contributed by atoms with Crippen LogP contribution in [0.15, 0.2) is 41.1 Å². The van der Waals surface area contributed by atoms with Gasteiger partial charge < -0.3 is 29.8 Å². The van der Waals surface area contributed by atoms with Crippen LogP contribution < -0.4 is 5.32 Å². The maximum absolute atomic E-state index is 13.4. The van der Waals surface area contributed by atoms with E-state index in [9.17, 15) is 40.3 Å². The molecule has 3 aromatic rings. The molecule has 0 bridgehead atoms. The van der Waals surface area contributed by atoms with Gasteiger partial charge in [0.1, 0.15) is 17.9 Å². The maximum Gasteiger partial charge on any atom is 0.490 e. The number of alkyl halides is 6. The molecule has 1 saturated carbocycles. The Bertz CT molecular complexity index is 1650. The Morgan fingerprint density at radius 1 is 1.02 bits per heavy atom. The summed E-state index contributed by atoms with van der Waals surface area (Å²) < 4.78 is 82.0. The van der Waals surface area contributed by atoms with Crippen molar-refractivity contribution in [3.8, 4) is 11.4 Å². The van der Waals surface area contributed by atoms with E-state index in [4.69, 9.17) is 35.8 Å². The molecule has 1 aliphatic carbocycles. The van der Waals surface area contributed by atoms with Crippen molar-refractivity contribution in [1.29, 1.82) is 0 Å². The number of ketones is 1. The quantitative estimate of drug-likeness (QED) is 0.0832. The van der Waals surface area contributed by atoms with Gasteiger partial charge in [0.05, 0.1) is 17.9 Å². The Labute approximate surface area is 303 Å². The standard InChI is InChI=1S/C29H35ClFN5O3.2C2HF3O2/c1-2-36-15-12-29(13-16-36)18-21(29)27(38)33-22(6-4-3-5-7-23(37)28-32-14-17-39-28)24-25(30)35-26(34-24)19-8-10-20(31)11-9-19;2*3-2(4,5)1(6)7/h8-11,14,17,21-22H,2-7,12-13,15-16,18H2,1H3,(H,33,38)(H,34,35);2*(H,6,7)/t21-,22+;;/m1../s1. The number of aromatic amines is 1. The van der Waals surface area contributed by atoms with Gasteiger partial charge in [-0.1, -0.05) is 31.4 Å². The maximum atomic E-state index is 13.4. The molecule has 0 radical (unpaired) electrons. The highest BCUT2D eigenvalue weighted by atomic mass is 35.5. The number of amides is 1. The SMILES string of the molecule is CCN1CCC2(CC1)C[C@@H]2C(=O)N[C@@H](CCCCCC(=O)c1ncco1)c1[nH]c(-c2ccc(F)cc2)nc1Cl.O=C(O)C(F)(F)F.O=C(O)C(F)(F)F. The number of nitrogens with zero attached hydrogens (tertiary/aromatic N) is 3. The molecule has 1 aromatic carbocycles. The van der Waals surface area contributed by atoms with Gasteiger partial charge in [0.15, 0.2) is 5.15 Å². The summed E-state index contributed by atoms with van der Waals surface area (Å²) in [4.78, 5) is 57.5. The van der Waals surface area contributed by atoms with Gasteiger partial charge in [-0.05, 0) is 81.4 Å². The molecular weight excluding hydrogens is 747 g/mol. The van der Waals surface area contributed by atoms with E-state index in [1.165, 1.54) is 24.6 Å². The third-order valence-corrected chi connectivity index (χ3v) is 9.11. The highest BCUT2D eigenvalue weighted by Gasteiger charge is 2.58. The third-order valence-electron chi connectivity index (χ3n) is 8.83. The fraction of sp³-hybridized carbons (Fsp3) is 0.515. The third kappa shape index (κ3) is 12.8. The van der Waals surface area contributed by atoms with Gasteiger partial charge >= 0.3 is 24.3 Å². The summed E-state index contributed by atoms with van der Waals surface area (Å²) in [6, 6.07) is 5.69. The van der Waals surface area contributed by atoms with E-state index in [0.29, 0.717) is 41.5 Å². The molecule has 1 saturated heterocycles. The number of nitrogens with one attached hydrogen (secondary N) is 2. The lowest BCUT2D eigenvalue weighted by Gasteiger charge is -2.32. The van der Waals surface area contributed by atoms with Crippen molar-refractivity contribution in [2.45, 2.75) is 76.7 Å². The fourth-order valence-electron chi connectivity index (χ4n) is 5.77. The Hall–Kier alpha value is -4.52. The van der Waals surface area contributed by atoms with Gasteiger partial charge in [0, 0.05) is 17.9 Å². The van der Waals surface area contributed by atoms with E-state index in [-0.39, 0.29) is 40.8 Å². The van der Waals surface area contributed by atoms with Crippen LogP contribution in [0.4, 0.5) is 30.7 Å². The Balaban J connectivity index is 0.000000458. The molecule has 4 N–H and O–H groups in total. The summed E-state index contributed by atoms with van der Waals surface area (Å²) in [6.45, 7) is 5.32. The summed E-state index contributed by atoms with van der Waals surface area (Å²) in [5.74, 6) is -5.19. The van der Waals surface area contributed by atoms with E-state index in [0.717, 1.165) is 51.7 Å². The number of carbonyl (C=O) groups is 4. The van der Waals surface area contributed by atoms with Crippen molar-refractivity contribution in [2.75, 3.05) is 19.6 Å². The van der Waals surface area contributed by atoms with Crippen LogP contribution in [-0.4, -0.2) is 85.7 Å². The molecule has 0 unspecified atom stereocenters. The molecule has 5 rings (SSSR count). The molecule has 1 amide bonds. The largest absolute Gasteiger partial charge is 0.490 e. The van der Waals surface area contributed by atoms with Gasteiger partial charge in [-0.15, -0.1) is 0 Å². The van der Waals surface area contributed by atoms with Crippen LogP contribution in [0.1, 0.15) is 80.7 Å². The highest BCUT2D eigenvalue weighted by Crippen LogP contribution is 2.59. The van der Waals surface area contributed by atoms with Gasteiger partial charge in [0.2, 0.25) is 11.7 Å². The topological polar surface area (TPSA) is 179 Å². The number of rotatable bonds is 12. The van der Waals surface area contributed by atoms with Crippen molar-refractivity contribution in [1.82, 2.24) is 25.2 Å². The first-order valence-corrected chi connectivity index (χ1v) is 16.7. The number of benzene rings is 1. The number of hydrogen-bond donors (Lipinski definition) is 4. The molecule has 2 atom stereocenters. The normalized spacial score (nSPS) is 17.1. The van der Waals surface area contributed by atoms with Crippen molar-refractivity contribution < 1.29 is 64.5 Å². The molecule has 1 aliphatic heterocycles. The molecule has 1 spiro atoms. The molecule has 2 aliphatic rings. The number of unbranched alkanes of at least 4 members (excludes halogenated alkanes) is 2. The smallest absolute Gasteiger partial charge is 0.475 e. The van der Waals surface area contributed by atoms with Crippen LogP contribution in [0, 0.1) is 17.2 Å². The number of Topliss-reactive ketones (excluding diaryl/α,β-unsaturated/α-hetero) is 1. The number of carbonyl (C=O) groups excluding carboxylic acids is 2. The number of carboxylic acid groups (broad SMARTS) is 2. The van der Waals surface area contributed by atoms with Gasteiger partial charge in [-0.25, -0.2) is 23.9 Å². The zero-order valence-corrected chi connectivity index (χ0v) is 29.0. The number of H-pyrrole nitrogens is 1. The van der Waals surface area contributed by atoms with Crippen LogP contribution in [-0.2, 0) is 14.4 Å². The Kier molecular flexibility index (Phi) is 15.0. The van der Waals surface area contributed by atoms with Gasteiger partial charge in [0.25, 0.3) is 5.89 Å². The first kappa shape index (κ1) is 42.9. The second-order valence-electron chi connectivity index (χ2n) is 12.4. The lowest BCUT2D eigenvalue weighted by Crippen LogP contribution is -2.37. The monoisotopic (exact) mass is 783 g/mol. The predicted octanol–water partition coefficient (Wildman–Crippen LogP) is 7.24. The zero-order chi connectivity index (χ0) is 39.6. The van der Waals surface area contributed by atoms with Crippen LogP contribution in [0.3, 0.4) is 0 Å². The minimum atomic E-state index is -5.08. The molecule has 12 nitrogen and oxygen atoms in total. The molecular formula is C33H37ClF7N5O7. The fourth-order valence-corrected chi connectivity index (χ4v) is 6.03. The number of aromatic nitrogens is 3. The van der Waals surface area contributed by atoms with E-state index in [1.54, 1.807) is 12.1 Å². The van der Waals surface area contributed by atoms with Crippen LogP contribution in [0.5, 0.6) is 0 Å². The summed E-state index contributed by atoms with van der Waals surface area (Å²) in [6.07, 6.45) is -0.977. The van der Waals surface area contributed by atoms with Crippen molar-refractivity contribution in [2.24, 2.45) is 11.3 Å². The minimum absolute atomic E-state index is 0.0238. The van der Waals surface area contributed by atoms with Crippen molar-refractivity contribution in [3.63, 3.8) is 0 Å². The number of oxazole rings is 1. The van der Waals surface area contributed by atoms with E-state index in [2.05, 4.69) is 32.1 Å². The zero-order valence-electron chi connectivity index (χ0n) is 28.2.